The van der Waals surface area contributed by atoms with Crippen LogP contribution in [0.4, 0.5) is 0 Å². The van der Waals surface area contributed by atoms with Crippen molar-refractivity contribution in [1.29, 1.82) is 0 Å². The zero-order valence-corrected chi connectivity index (χ0v) is 6.08. The van der Waals surface area contributed by atoms with E-state index in [2.05, 4.69) is 32.0 Å². The zero-order chi connectivity index (χ0) is 6.53. The molecule has 0 bridgehead atoms. The number of isothiocyanates is 1. The molecule has 1 rings (SSSR count). The Balaban J connectivity index is 2.57. The molecule has 1 heterocycles. The third kappa shape index (κ3) is 1.97. The maximum atomic E-state index is 4.37. The first-order valence-electron chi connectivity index (χ1n) is 2.23. The van der Waals surface area contributed by atoms with Crippen molar-refractivity contribution in [2.24, 2.45) is 4.99 Å². The summed E-state index contributed by atoms with van der Waals surface area (Å²) in [6, 6.07) is 0. The quantitative estimate of drug-likeness (QED) is 0.477. The molecule has 5 heteroatoms. The Kier molecular flexibility index (Phi) is 2.45. The van der Waals surface area contributed by atoms with Crippen LogP contribution in [0.15, 0.2) is 11.2 Å². The molecule has 1 aromatic heterocycles. The fourth-order valence-electron chi connectivity index (χ4n) is 0.367. The summed E-state index contributed by atoms with van der Waals surface area (Å²) >= 11 is 5.69. The lowest BCUT2D eigenvalue weighted by Gasteiger charge is -1.77. The average Bonchev–Trinajstić information content (AvgIpc) is 2.34. The monoisotopic (exact) mass is 157 g/mol. The van der Waals surface area contributed by atoms with E-state index >= 15 is 0 Å². The van der Waals surface area contributed by atoms with Crippen LogP contribution in [-0.2, 0) is 6.54 Å². The summed E-state index contributed by atoms with van der Waals surface area (Å²) in [6.45, 7) is 0.557. The fourth-order valence-corrected chi connectivity index (χ4v) is 0.848. The average molecular weight is 157 g/mol. The number of rotatable bonds is 2. The third-order valence-electron chi connectivity index (χ3n) is 0.706. The Morgan fingerprint density at radius 2 is 2.78 bits per heavy atom. The topological polar surface area (TPSA) is 38.1 Å². The molecule has 0 N–H and O–H groups in total. The van der Waals surface area contributed by atoms with Crippen molar-refractivity contribution >= 4 is 28.9 Å². The van der Waals surface area contributed by atoms with Crippen LogP contribution in [0, 0.1) is 0 Å². The third-order valence-corrected chi connectivity index (χ3v) is 1.48. The Bertz CT molecular complexity index is 212. The van der Waals surface area contributed by atoms with E-state index in [1.807, 2.05) is 0 Å². The van der Waals surface area contributed by atoms with E-state index in [-0.39, 0.29) is 0 Å². The number of nitrogens with zero attached hydrogens (tertiary/aromatic N) is 3. The molecule has 0 fully saturated rings. The highest BCUT2D eigenvalue weighted by atomic mass is 32.1. The molecule has 0 amide bonds. The second-order valence-electron chi connectivity index (χ2n) is 1.29. The summed E-state index contributed by atoms with van der Waals surface area (Å²) in [5.74, 6) is 0. The van der Waals surface area contributed by atoms with Gasteiger partial charge < -0.3 is 0 Å². The molecule has 46 valence electrons. The Labute approximate surface area is 61.6 Å². The van der Waals surface area contributed by atoms with E-state index in [0.29, 0.717) is 6.54 Å². The lowest BCUT2D eigenvalue weighted by atomic mass is 10.6. The van der Waals surface area contributed by atoms with Crippen LogP contribution < -0.4 is 0 Å². The zero-order valence-electron chi connectivity index (χ0n) is 4.44. The molecule has 0 atom stereocenters. The van der Waals surface area contributed by atoms with Crippen molar-refractivity contribution < 1.29 is 0 Å². The van der Waals surface area contributed by atoms with Gasteiger partial charge in [0.15, 0.2) is 0 Å². The van der Waals surface area contributed by atoms with Crippen LogP contribution in [0.25, 0.3) is 0 Å². The largest absolute Gasteiger partial charge is 0.227 e. The van der Waals surface area contributed by atoms with Crippen LogP contribution in [-0.4, -0.2) is 14.7 Å². The molecule has 0 aliphatic carbocycles. The summed E-state index contributed by atoms with van der Waals surface area (Å²) in [7, 11) is 0. The van der Waals surface area contributed by atoms with Crippen molar-refractivity contribution in [3.05, 3.63) is 11.1 Å². The summed E-state index contributed by atoms with van der Waals surface area (Å²) in [4.78, 5) is 4.72. The number of thiocarbonyl (C=S) groups is 1. The van der Waals surface area contributed by atoms with E-state index < -0.39 is 0 Å². The highest BCUT2D eigenvalue weighted by Crippen LogP contribution is 2.01. The molecule has 0 spiro atoms. The van der Waals surface area contributed by atoms with Gasteiger partial charge in [0, 0.05) is 0 Å². The molecule has 0 radical (unpaired) electrons. The molecule has 3 nitrogen and oxygen atoms in total. The van der Waals surface area contributed by atoms with E-state index in [9.17, 15) is 0 Å². The van der Waals surface area contributed by atoms with Gasteiger partial charge in [0.1, 0.15) is 0 Å². The second-order valence-corrected chi connectivity index (χ2v) is 2.34. The molecule has 0 aromatic carbocycles. The van der Waals surface area contributed by atoms with Gasteiger partial charge in [-0.25, -0.2) is 4.99 Å². The van der Waals surface area contributed by atoms with Gasteiger partial charge in [0.25, 0.3) is 0 Å². The van der Waals surface area contributed by atoms with E-state index in [1.54, 1.807) is 6.20 Å². The summed E-state index contributed by atoms with van der Waals surface area (Å²) in [6.07, 6.45) is 1.67. The minimum Gasteiger partial charge on any atom is -0.227 e. The van der Waals surface area contributed by atoms with E-state index in [1.165, 1.54) is 11.5 Å². The predicted octanol–water partition coefficient (Wildman–Crippen LogP) is 1.14. The summed E-state index contributed by atoms with van der Waals surface area (Å²) in [5.41, 5.74) is 0. The SMILES string of the molecule is S=C=NCc1cnns1. The van der Waals surface area contributed by atoms with Crippen LogP contribution in [0.3, 0.4) is 0 Å². The minimum atomic E-state index is 0.557. The van der Waals surface area contributed by atoms with Crippen molar-refractivity contribution in [2.75, 3.05) is 0 Å². The number of hydrogen-bond donors (Lipinski definition) is 0. The van der Waals surface area contributed by atoms with Gasteiger partial charge >= 0.3 is 0 Å². The lowest BCUT2D eigenvalue weighted by molar-refractivity contribution is 1.09. The maximum absolute atomic E-state index is 4.37. The highest BCUT2D eigenvalue weighted by molar-refractivity contribution is 7.78. The molecule has 0 saturated carbocycles. The molecule has 0 aliphatic rings. The van der Waals surface area contributed by atoms with Crippen LogP contribution in [0.5, 0.6) is 0 Å². The first-order chi connectivity index (χ1) is 4.43. The van der Waals surface area contributed by atoms with Crippen LogP contribution >= 0.6 is 23.8 Å². The smallest absolute Gasteiger partial charge is 0.0868 e. The highest BCUT2D eigenvalue weighted by Gasteiger charge is 1.89. The normalized spacial score (nSPS) is 8.44. The number of hydrogen-bond acceptors (Lipinski definition) is 5. The van der Waals surface area contributed by atoms with Gasteiger partial charge in [-0.1, -0.05) is 4.49 Å². The molecule has 0 unspecified atom stereocenters. The molecule has 1 aromatic rings. The van der Waals surface area contributed by atoms with Crippen LogP contribution in [0.1, 0.15) is 4.88 Å². The van der Waals surface area contributed by atoms with Crippen molar-refractivity contribution in [1.82, 2.24) is 9.59 Å². The first kappa shape index (κ1) is 6.48. The van der Waals surface area contributed by atoms with Gasteiger partial charge in [0.2, 0.25) is 0 Å². The van der Waals surface area contributed by atoms with E-state index in [0.717, 1.165) is 4.88 Å². The van der Waals surface area contributed by atoms with Gasteiger partial charge in [-0.15, -0.1) is 5.10 Å². The Morgan fingerprint density at radius 3 is 3.33 bits per heavy atom. The molecule has 9 heavy (non-hydrogen) atoms. The van der Waals surface area contributed by atoms with Gasteiger partial charge in [0.05, 0.1) is 22.8 Å². The van der Waals surface area contributed by atoms with Gasteiger partial charge in [-0.3, -0.25) is 0 Å². The summed E-state index contributed by atoms with van der Waals surface area (Å²) < 4.78 is 3.64. The van der Waals surface area contributed by atoms with Crippen molar-refractivity contribution in [3.63, 3.8) is 0 Å². The number of aromatic nitrogens is 2. The maximum Gasteiger partial charge on any atom is 0.0868 e. The standard InChI is InChI=1S/C4H3N3S2/c8-3-5-1-4-2-6-7-9-4/h2H,1H2. The fraction of sp³-hybridized carbons (Fsp3) is 0.250. The molecular formula is C4H3N3S2. The van der Waals surface area contributed by atoms with Crippen LogP contribution in [0.2, 0.25) is 0 Å². The summed E-state index contributed by atoms with van der Waals surface area (Å²) in [5, 5.41) is 5.89. The molecule has 0 saturated heterocycles. The second kappa shape index (κ2) is 3.40. The minimum absolute atomic E-state index is 0.557. The Morgan fingerprint density at radius 1 is 1.89 bits per heavy atom. The Hall–Kier alpha value is -0.640. The van der Waals surface area contributed by atoms with Gasteiger partial charge in [-0.05, 0) is 23.8 Å². The number of aliphatic imine (C=N–C) groups is 1. The van der Waals surface area contributed by atoms with Crippen molar-refractivity contribution in [2.45, 2.75) is 6.54 Å². The molecular weight excluding hydrogens is 154 g/mol. The van der Waals surface area contributed by atoms with Crippen molar-refractivity contribution in [3.8, 4) is 0 Å². The van der Waals surface area contributed by atoms with E-state index in [4.69, 9.17) is 0 Å². The lowest BCUT2D eigenvalue weighted by Crippen LogP contribution is -1.69. The predicted molar refractivity (Wildman–Crippen MR) is 38.6 cm³/mol. The first-order valence-corrected chi connectivity index (χ1v) is 3.41. The molecule has 0 aliphatic heterocycles. The van der Waals surface area contributed by atoms with Gasteiger partial charge in [-0.2, -0.15) is 0 Å².